The predicted molar refractivity (Wildman–Crippen MR) is 66.0 cm³/mol. The van der Waals surface area contributed by atoms with Crippen molar-refractivity contribution in [2.45, 2.75) is 4.90 Å². The standard InChI is InChI=1S/C10H11NO3S2/c1-11-5-7(16(3)13)9(12)10-6(11)4-8(14-2)15-10/h4-5H,1-3H3. The van der Waals surface area contributed by atoms with Crippen LogP contribution in [0.2, 0.25) is 0 Å². The van der Waals surface area contributed by atoms with Crippen LogP contribution in [-0.2, 0) is 17.8 Å². The Morgan fingerprint density at radius 2 is 2.19 bits per heavy atom. The van der Waals surface area contributed by atoms with Gasteiger partial charge in [-0.2, -0.15) is 0 Å². The second-order valence-electron chi connectivity index (χ2n) is 3.37. The van der Waals surface area contributed by atoms with Crippen LogP contribution in [0.5, 0.6) is 5.06 Å². The Morgan fingerprint density at radius 1 is 1.50 bits per heavy atom. The maximum absolute atomic E-state index is 12.0. The molecule has 2 rings (SSSR count). The Kier molecular flexibility index (Phi) is 2.86. The topological polar surface area (TPSA) is 48.3 Å². The van der Waals surface area contributed by atoms with E-state index in [-0.39, 0.29) is 5.43 Å². The van der Waals surface area contributed by atoms with Gasteiger partial charge in [-0.05, 0) is 0 Å². The van der Waals surface area contributed by atoms with Gasteiger partial charge in [0.15, 0.2) is 5.06 Å². The molecule has 0 amide bonds. The number of hydrogen-bond acceptors (Lipinski definition) is 4. The number of nitrogens with zero attached hydrogens (tertiary/aromatic N) is 1. The minimum absolute atomic E-state index is 0.165. The van der Waals surface area contributed by atoms with Gasteiger partial charge in [-0.1, -0.05) is 11.3 Å². The van der Waals surface area contributed by atoms with Crippen LogP contribution < -0.4 is 10.2 Å². The number of rotatable bonds is 2. The summed E-state index contributed by atoms with van der Waals surface area (Å²) in [6.07, 6.45) is 3.13. The number of fused-ring (bicyclic) bond motifs is 1. The maximum atomic E-state index is 12.0. The number of aryl methyl sites for hydroxylation is 1. The normalized spacial score (nSPS) is 12.9. The lowest BCUT2D eigenvalue weighted by molar-refractivity contribution is 0.427. The summed E-state index contributed by atoms with van der Waals surface area (Å²) in [7, 11) is 2.12. The van der Waals surface area contributed by atoms with Crippen LogP contribution in [0.3, 0.4) is 0 Å². The molecule has 0 aliphatic carbocycles. The zero-order valence-corrected chi connectivity index (χ0v) is 10.8. The zero-order valence-electron chi connectivity index (χ0n) is 9.14. The van der Waals surface area contributed by atoms with Crippen molar-refractivity contribution in [1.29, 1.82) is 0 Å². The zero-order chi connectivity index (χ0) is 11.9. The summed E-state index contributed by atoms with van der Waals surface area (Å²) in [6, 6.07) is 1.81. The molecule has 0 bridgehead atoms. The molecule has 1 unspecified atom stereocenters. The summed E-state index contributed by atoms with van der Waals surface area (Å²) in [6.45, 7) is 0. The van der Waals surface area contributed by atoms with E-state index in [1.54, 1.807) is 17.9 Å². The summed E-state index contributed by atoms with van der Waals surface area (Å²) in [4.78, 5) is 12.3. The van der Waals surface area contributed by atoms with E-state index in [1.807, 2.05) is 13.1 Å². The van der Waals surface area contributed by atoms with Crippen LogP contribution in [0, 0.1) is 0 Å². The van der Waals surface area contributed by atoms with Crippen LogP contribution in [0.4, 0.5) is 0 Å². The molecule has 0 saturated carbocycles. The smallest absolute Gasteiger partial charge is 0.215 e. The number of thiophene rings is 1. The Labute approximate surface area is 98.9 Å². The van der Waals surface area contributed by atoms with Gasteiger partial charge < -0.3 is 9.30 Å². The van der Waals surface area contributed by atoms with Gasteiger partial charge in [-0.15, -0.1) is 0 Å². The Hall–Kier alpha value is -1.14. The predicted octanol–water partition coefficient (Wildman–Crippen LogP) is 1.35. The second-order valence-corrected chi connectivity index (χ2v) is 5.73. The van der Waals surface area contributed by atoms with Crippen molar-refractivity contribution in [3.63, 3.8) is 0 Å². The average Bonchev–Trinajstić information content (AvgIpc) is 2.67. The SMILES string of the molecule is COc1cc2c(s1)c(=O)c(S(C)=O)cn2C. The molecular weight excluding hydrogens is 246 g/mol. The maximum Gasteiger partial charge on any atom is 0.215 e. The quantitative estimate of drug-likeness (QED) is 0.816. The van der Waals surface area contributed by atoms with Crippen LogP contribution in [0.25, 0.3) is 10.2 Å². The first-order valence-corrected chi connectivity index (χ1v) is 6.92. The fourth-order valence-corrected chi connectivity index (χ4v) is 3.20. The van der Waals surface area contributed by atoms with Crippen molar-refractivity contribution in [2.24, 2.45) is 7.05 Å². The van der Waals surface area contributed by atoms with Crippen LogP contribution in [-0.4, -0.2) is 22.1 Å². The fraction of sp³-hybridized carbons (Fsp3) is 0.300. The molecule has 4 nitrogen and oxygen atoms in total. The van der Waals surface area contributed by atoms with Gasteiger partial charge in [-0.3, -0.25) is 9.00 Å². The lowest BCUT2D eigenvalue weighted by atomic mass is 10.4. The molecule has 1 atom stereocenters. The highest BCUT2D eigenvalue weighted by molar-refractivity contribution is 7.84. The molecular formula is C10H11NO3S2. The van der Waals surface area contributed by atoms with Crippen molar-refractivity contribution < 1.29 is 8.95 Å². The van der Waals surface area contributed by atoms with Gasteiger partial charge >= 0.3 is 0 Å². The first-order chi connectivity index (χ1) is 7.54. The number of aromatic nitrogens is 1. The minimum Gasteiger partial charge on any atom is -0.487 e. The summed E-state index contributed by atoms with van der Waals surface area (Å²) in [5.74, 6) is 0. The number of methoxy groups -OCH3 is 1. The van der Waals surface area contributed by atoms with Crippen LogP contribution >= 0.6 is 11.3 Å². The molecule has 0 aliphatic heterocycles. The van der Waals surface area contributed by atoms with E-state index in [9.17, 15) is 9.00 Å². The van der Waals surface area contributed by atoms with E-state index in [1.165, 1.54) is 17.6 Å². The second kappa shape index (κ2) is 4.03. The lowest BCUT2D eigenvalue weighted by Gasteiger charge is -2.02. The summed E-state index contributed by atoms with van der Waals surface area (Å²) >= 11 is 1.28. The monoisotopic (exact) mass is 257 g/mol. The highest BCUT2D eigenvalue weighted by Crippen LogP contribution is 2.29. The summed E-state index contributed by atoms with van der Waals surface area (Å²) in [5.41, 5.74) is 0.642. The van der Waals surface area contributed by atoms with Gasteiger partial charge in [0.05, 0.1) is 23.4 Å². The van der Waals surface area contributed by atoms with Crippen LogP contribution in [0.15, 0.2) is 22.0 Å². The molecule has 0 spiro atoms. The number of ether oxygens (including phenoxy) is 1. The van der Waals surface area contributed by atoms with Crippen molar-refractivity contribution in [2.75, 3.05) is 13.4 Å². The molecule has 2 aromatic heterocycles. The highest BCUT2D eigenvalue weighted by Gasteiger charge is 2.13. The first kappa shape index (κ1) is 11.3. The van der Waals surface area contributed by atoms with Crippen molar-refractivity contribution in [1.82, 2.24) is 4.57 Å². The van der Waals surface area contributed by atoms with E-state index in [0.29, 0.717) is 14.7 Å². The molecule has 0 fully saturated rings. The summed E-state index contributed by atoms with van der Waals surface area (Å²) < 4.78 is 18.9. The van der Waals surface area contributed by atoms with E-state index in [4.69, 9.17) is 4.74 Å². The van der Waals surface area contributed by atoms with Gasteiger partial charge in [0.1, 0.15) is 9.60 Å². The minimum atomic E-state index is -1.27. The lowest BCUT2D eigenvalue weighted by Crippen LogP contribution is -2.12. The Morgan fingerprint density at radius 3 is 2.75 bits per heavy atom. The molecule has 0 saturated heterocycles. The third-order valence-electron chi connectivity index (χ3n) is 2.32. The van der Waals surface area contributed by atoms with Gasteiger partial charge in [0.25, 0.3) is 0 Å². The number of hydrogen-bond donors (Lipinski definition) is 0. The fourth-order valence-electron chi connectivity index (χ4n) is 1.51. The molecule has 0 radical (unpaired) electrons. The van der Waals surface area contributed by atoms with E-state index in [2.05, 4.69) is 0 Å². The van der Waals surface area contributed by atoms with Crippen molar-refractivity contribution in [3.8, 4) is 5.06 Å². The molecule has 0 aromatic carbocycles. The van der Waals surface area contributed by atoms with Crippen molar-refractivity contribution >= 4 is 32.4 Å². The number of pyridine rings is 1. The van der Waals surface area contributed by atoms with Gasteiger partial charge in [-0.25, -0.2) is 0 Å². The molecule has 0 N–H and O–H groups in total. The molecule has 2 aromatic rings. The molecule has 2 heterocycles. The van der Waals surface area contributed by atoms with Crippen LogP contribution in [0.1, 0.15) is 0 Å². The highest BCUT2D eigenvalue weighted by atomic mass is 32.2. The largest absolute Gasteiger partial charge is 0.487 e. The third kappa shape index (κ3) is 1.68. The molecule has 16 heavy (non-hydrogen) atoms. The van der Waals surface area contributed by atoms with Gasteiger partial charge in [0.2, 0.25) is 5.43 Å². The van der Waals surface area contributed by atoms with E-state index < -0.39 is 10.8 Å². The molecule has 6 heteroatoms. The summed E-state index contributed by atoms with van der Waals surface area (Å²) in [5, 5.41) is 0.682. The average molecular weight is 257 g/mol. The Balaban J connectivity index is 2.88. The third-order valence-corrected chi connectivity index (χ3v) is 4.32. The van der Waals surface area contributed by atoms with Crippen molar-refractivity contribution in [3.05, 3.63) is 22.5 Å². The first-order valence-electron chi connectivity index (χ1n) is 4.55. The van der Waals surface area contributed by atoms with Gasteiger partial charge in [0, 0.05) is 25.6 Å². The van der Waals surface area contributed by atoms with E-state index >= 15 is 0 Å². The Bertz CT molecular complexity index is 627. The molecule has 0 aliphatic rings. The van der Waals surface area contributed by atoms with E-state index in [0.717, 1.165) is 5.52 Å². The molecule has 86 valence electrons.